The van der Waals surface area contributed by atoms with E-state index in [9.17, 15) is 22.8 Å². The molecule has 2 fully saturated rings. The van der Waals surface area contributed by atoms with Gasteiger partial charge in [-0.15, -0.1) is 0 Å². The van der Waals surface area contributed by atoms with E-state index >= 15 is 0 Å². The number of hydrogen-bond donors (Lipinski definition) is 2. The van der Waals surface area contributed by atoms with Gasteiger partial charge < -0.3 is 20.3 Å². The van der Waals surface area contributed by atoms with Gasteiger partial charge in [0.1, 0.15) is 12.6 Å². The zero-order valence-electron chi connectivity index (χ0n) is 26.1. The lowest BCUT2D eigenvalue weighted by Gasteiger charge is -2.43. The number of amides is 2. The number of hydrogen-bond acceptors (Lipinski definition) is 4. The van der Waals surface area contributed by atoms with Crippen molar-refractivity contribution in [2.75, 3.05) is 26.2 Å². The number of carbonyl (C=O) groups excluding carboxylic acids is 2. The molecule has 2 N–H and O–H groups in total. The van der Waals surface area contributed by atoms with Gasteiger partial charge in [-0.1, -0.05) is 87.1 Å². The number of rotatable bonds is 9. The van der Waals surface area contributed by atoms with Crippen LogP contribution in [0.2, 0.25) is 0 Å². The lowest BCUT2D eigenvalue weighted by atomic mass is 9.60. The van der Waals surface area contributed by atoms with Crippen LogP contribution in [-0.4, -0.2) is 61.2 Å². The number of piperidine rings is 1. The first-order valence-corrected chi connectivity index (χ1v) is 16.3. The summed E-state index contributed by atoms with van der Waals surface area (Å²) in [6.07, 6.45) is 25.2. The molecule has 45 heavy (non-hydrogen) atoms. The summed E-state index contributed by atoms with van der Waals surface area (Å²) in [6.45, 7) is 5.50. The Labute approximate surface area is 263 Å². The molecular weight excluding hydrogens is 579 g/mol. The molecule has 6 atom stereocenters. The van der Waals surface area contributed by atoms with E-state index in [-0.39, 0.29) is 35.8 Å². The van der Waals surface area contributed by atoms with Gasteiger partial charge in [0.05, 0.1) is 5.41 Å². The van der Waals surface area contributed by atoms with Gasteiger partial charge in [-0.3, -0.25) is 9.59 Å². The minimum absolute atomic E-state index is 0.0821. The Bertz CT molecular complexity index is 1340. The zero-order chi connectivity index (χ0) is 31.9. The summed E-state index contributed by atoms with van der Waals surface area (Å²) < 4.78 is 45.7. The minimum Gasteiger partial charge on any atom is -0.480 e. The Balaban J connectivity index is 1.06. The van der Waals surface area contributed by atoms with Crippen LogP contribution in [0.4, 0.5) is 13.2 Å². The summed E-state index contributed by atoms with van der Waals surface area (Å²) in [5.74, 6) is -0.640. The molecule has 2 aliphatic heterocycles. The van der Waals surface area contributed by atoms with Crippen LogP contribution in [0.15, 0.2) is 84.7 Å². The maximum absolute atomic E-state index is 14.0. The smallest absolute Gasteiger partial charge is 0.405 e. The largest absolute Gasteiger partial charge is 0.480 e. The van der Waals surface area contributed by atoms with E-state index in [1.807, 2.05) is 66.8 Å². The van der Waals surface area contributed by atoms with E-state index in [0.717, 1.165) is 45.3 Å². The number of likely N-dealkylation sites (tertiary alicyclic amines) is 1. The topological polar surface area (TPSA) is 70.7 Å². The second kappa shape index (κ2) is 12.1. The van der Waals surface area contributed by atoms with E-state index < -0.39 is 34.9 Å². The number of halogens is 3. The van der Waals surface area contributed by atoms with Crippen LogP contribution in [0, 0.1) is 34.0 Å². The first kappa shape index (κ1) is 31.6. The van der Waals surface area contributed by atoms with Crippen molar-refractivity contribution >= 4 is 11.8 Å². The highest BCUT2D eigenvalue weighted by Gasteiger charge is 2.70. The van der Waals surface area contributed by atoms with Gasteiger partial charge >= 0.3 is 6.18 Å². The fourth-order valence-electron chi connectivity index (χ4n) is 8.83. The van der Waals surface area contributed by atoms with Gasteiger partial charge in [-0.2, -0.15) is 13.2 Å². The normalized spacial score (nSPS) is 36.7. The molecule has 0 radical (unpaired) electrons. The van der Waals surface area contributed by atoms with Crippen molar-refractivity contribution in [2.24, 2.45) is 34.0 Å². The second-order valence-electron chi connectivity index (χ2n) is 13.9. The van der Waals surface area contributed by atoms with Crippen LogP contribution in [0.1, 0.15) is 46.0 Å². The fourth-order valence-corrected chi connectivity index (χ4v) is 8.83. The van der Waals surface area contributed by atoms with Crippen molar-refractivity contribution in [3.63, 3.8) is 0 Å². The molecule has 0 aromatic rings. The first-order valence-electron chi connectivity index (χ1n) is 16.3. The molecule has 6 unspecified atom stereocenters. The van der Waals surface area contributed by atoms with E-state index in [2.05, 4.69) is 41.5 Å². The molecule has 6 nitrogen and oxygen atoms in total. The van der Waals surface area contributed by atoms with Gasteiger partial charge in [0.2, 0.25) is 5.91 Å². The molecule has 1 saturated heterocycles. The summed E-state index contributed by atoms with van der Waals surface area (Å²) in [5, 5.41) is 5.45. The lowest BCUT2D eigenvalue weighted by Crippen LogP contribution is -2.50. The van der Waals surface area contributed by atoms with Gasteiger partial charge in [-0.25, -0.2) is 0 Å². The Morgan fingerprint density at radius 1 is 0.911 bits per heavy atom. The number of allylic oxidation sites excluding steroid dienone is 10. The highest BCUT2D eigenvalue weighted by Crippen LogP contribution is 2.72. The van der Waals surface area contributed by atoms with Crippen LogP contribution in [0.5, 0.6) is 0 Å². The molecular formula is C36H44F3N3O3. The second-order valence-corrected chi connectivity index (χ2v) is 13.9. The molecule has 2 amide bonds. The lowest BCUT2D eigenvalue weighted by molar-refractivity contribution is -0.148. The van der Waals surface area contributed by atoms with Crippen molar-refractivity contribution in [1.29, 1.82) is 0 Å². The third kappa shape index (κ3) is 5.77. The average molecular weight is 624 g/mol. The van der Waals surface area contributed by atoms with Gasteiger partial charge in [0.15, 0.2) is 5.76 Å². The number of nitrogens with zero attached hydrogens (tertiary/aromatic N) is 1. The van der Waals surface area contributed by atoms with Crippen LogP contribution >= 0.6 is 0 Å². The average Bonchev–Trinajstić information content (AvgIpc) is 3.53. The number of ether oxygens (including phenoxy) is 1. The first-order chi connectivity index (χ1) is 21.5. The van der Waals surface area contributed by atoms with E-state index in [4.69, 9.17) is 4.74 Å². The maximum atomic E-state index is 14.0. The number of carbonyl (C=O) groups is 2. The molecule has 6 rings (SSSR count). The maximum Gasteiger partial charge on any atom is 0.405 e. The summed E-state index contributed by atoms with van der Waals surface area (Å²) in [6, 6.07) is 0.0821. The summed E-state index contributed by atoms with van der Waals surface area (Å²) in [4.78, 5) is 29.2. The highest BCUT2D eigenvalue weighted by molar-refractivity contribution is 5.92. The molecule has 0 aromatic carbocycles. The number of unbranched alkanes of at least 4 members (excludes halogenated alkanes) is 1. The van der Waals surface area contributed by atoms with Crippen LogP contribution in [0.25, 0.3) is 0 Å². The Morgan fingerprint density at radius 2 is 1.53 bits per heavy atom. The van der Waals surface area contributed by atoms with Crippen LogP contribution in [-0.2, 0) is 14.3 Å². The monoisotopic (exact) mass is 623 g/mol. The zero-order valence-corrected chi connectivity index (χ0v) is 26.1. The molecule has 0 spiro atoms. The van der Waals surface area contributed by atoms with Gasteiger partial charge in [0.25, 0.3) is 5.91 Å². The molecule has 2 heterocycles. The van der Waals surface area contributed by atoms with Crippen molar-refractivity contribution in [3.05, 3.63) is 84.7 Å². The Morgan fingerprint density at radius 3 is 2.16 bits per heavy atom. The highest BCUT2D eigenvalue weighted by atomic mass is 19.4. The quantitative estimate of drug-likeness (QED) is 0.312. The predicted octanol–water partition coefficient (Wildman–Crippen LogP) is 5.94. The fraction of sp³-hybridized carbons (Fsp3) is 0.556. The van der Waals surface area contributed by atoms with Crippen molar-refractivity contribution in [1.82, 2.24) is 15.5 Å². The predicted molar refractivity (Wildman–Crippen MR) is 167 cm³/mol. The molecule has 9 heteroatoms. The number of alkyl halides is 3. The molecule has 4 aliphatic carbocycles. The van der Waals surface area contributed by atoms with Gasteiger partial charge in [0, 0.05) is 47.7 Å². The van der Waals surface area contributed by atoms with Crippen molar-refractivity contribution in [3.8, 4) is 0 Å². The van der Waals surface area contributed by atoms with Crippen LogP contribution in [0.3, 0.4) is 0 Å². The Kier molecular flexibility index (Phi) is 8.52. The Hall–Kier alpha value is -3.33. The number of nitrogens with one attached hydrogen (secondary N) is 2. The molecule has 0 aromatic heterocycles. The van der Waals surface area contributed by atoms with Crippen LogP contribution < -0.4 is 10.6 Å². The summed E-state index contributed by atoms with van der Waals surface area (Å²) in [5.41, 5.74) is -1.84. The van der Waals surface area contributed by atoms with E-state index in [0.29, 0.717) is 12.2 Å². The van der Waals surface area contributed by atoms with Crippen molar-refractivity contribution in [2.45, 2.75) is 64.3 Å². The third-order valence-electron chi connectivity index (χ3n) is 11.3. The molecule has 242 valence electrons. The number of fused-ring (bicyclic) bond motifs is 4. The van der Waals surface area contributed by atoms with E-state index in [1.54, 1.807) is 0 Å². The SMILES string of the molecule is CC12C=CC=CC1C(CCCCN1CCC(NC(=O)C3=CC4C=CC=CC4O3)CC1)(C(=O)NCC(F)(F)F)C1C=CC=CC12C. The summed E-state index contributed by atoms with van der Waals surface area (Å²) in [7, 11) is 0. The molecule has 6 aliphatic rings. The van der Waals surface area contributed by atoms with Crippen molar-refractivity contribution < 1.29 is 27.5 Å². The van der Waals surface area contributed by atoms with E-state index in [1.165, 1.54) is 0 Å². The standard InChI is InChI=1S/C36H44F3N3O3/c1-33-17-7-5-13-29(33)35(32(44)40-24-36(37,38)39,30-14-6-8-18-34(30,33)2)19-9-10-20-42-21-15-26(16-22-42)41-31(43)28-23-25-11-3-4-12-27(25)45-28/h3-8,11-14,17-18,23,25-27,29-30H,9-10,15-16,19-22,24H2,1-2H3,(H,40,44)(H,41,43). The molecule has 0 bridgehead atoms. The minimum atomic E-state index is -4.48. The summed E-state index contributed by atoms with van der Waals surface area (Å²) >= 11 is 0. The third-order valence-corrected chi connectivity index (χ3v) is 11.3. The van der Waals surface area contributed by atoms with Gasteiger partial charge in [-0.05, 0) is 44.4 Å². The molecule has 1 saturated carbocycles.